The number of rotatable bonds is 3. The summed E-state index contributed by atoms with van der Waals surface area (Å²) in [5.74, 6) is -2.54. The molecule has 0 aromatic heterocycles. The molecule has 0 radical (unpaired) electrons. The molecule has 0 aromatic rings. The summed E-state index contributed by atoms with van der Waals surface area (Å²) in [4.78, 5) is 24.5. The highest BCUT2D eigenvalue weighted by Crippen LogP contribution is 2.60. The van der Waals surface area contributed by atoms with Crippen LogP contribution in [0.5, 0.6) is 0 Å². The summed E-state index contributed by atoms with van der Waals surface area (Å²) < 4.78 is 16.8. The smallest absolute Gasteiger partial charge is 0.339 e. The third-order valence-corrected chi connectivity index (χ3v) is 7.05. The summed E-state index contributed by atoms with van der Waals surface area (Å²) in [6.07, 6.45) is -1.31. The Morgan fingerprint density at radius 2 is 2.07 bits per heavy atom. The van der Waals surface area contributed by atoms with Crippen LogP contribution in [0.4, 0.5) is 0 Å². The van der Waals surface area contributed by atoms with Gasteiger partial charge in [0.15, 0.2) is 5.60 Å². The summed E-state index contributed by atoms with van der Waals surface area (Å²) >= 11 is 5.66. The van der Waals surface area contributed by atoms with Gasteiger partial charge >= 0.3 is 11.9 Å². The van der Waals surface area contributed by atoms with Gasteiger partial charge in [0.1, 0.15) is 17.8 Å². The lowest BCUT2D eigenvalue weighted by atomic mass is 9.79. The summed E-state index contributed by atoms with van der Waals surface area (Å²) in [7, 11) is 0. The van der Waals surface area contributed by atoms with Gasteiger partial charge in [-0.3, -0.25) is 0 Å². The van der Waals surface area contributed by atoms with Crippen LogP contribution in [0.1, 0.15) is 19.8 Å². The van der Waals surface area contributed by atoms with E-state index < -0.39 is 41.5 Å². The fourth-order valence-corrected chi connectivity index (χ4v) is 4.90. The van der Waals surface area contributed by atoms with E-state index in [0.29, 0.717) is 24.2 Å². The first-order valence-electron chi connectivity index (χ1n) is 9.02. The number of ether oxygens (including phenoxy) is 3. The lowest BCUT2D eigenvalue weighted by Gasteiger charge is -2.28. The topological polar surface area (TPSA) is 106 Å². The number of fused-ring (bicyclic) bond motifs is 4. The Morgan fingerprint density at radius 1 is 1.41 bits per heavy atom. The predicted octanol–water partition coefficient (Wildman–Crippen LogP) is 0.712. The maximum atomic E-state index is 12.4. The molecule has 8 heteroatoms. The van der Waals surface area contributed by atoms with Gasteiger partial charge in [0.25, 0.3) is 0 Å². The zero-order valence-electron chi connectivity index (χ0n) is 15.0. The van der Waals surface area contributed by atoms with Crippen molar-refractivity contribution in [1.29, 1.82) is 0 Å². The van der Waals surface area contributed by atoms with Crippen LogP contribution in [0.15, 0.2) is 24.3 Å². The zero-order chi connectivity index (χ0) is 19.7. The second-order valence-electron chi connectivity index (χ2n) is 8.24. The van der Waals surface area contributed by atoms with E-state index in [0.717, 1.165) is 0 Å². The number of hydrogen-bond donors (Lipinski definition) is 2. The van der Waals surface area contributed by atoms with Gasteiger partial charge in [0.05, 0.1) is 18.6 Å². The molecule has 2 saturated heterocycles. The number of epoxide rings is 1. The van der Waals surface area contributed by atoms with E-state index in [2.05, 4.69) is 13.2 Å². The standard InChI is InChI=1S/C19H23ClO7/c1-8-10-5-13(21)19(7-25-19)14(10)15-11(9(2)16(22)27-15)4-12(8)26-17(23)18(3,24)6-20/h10-15,21,24H,1-2,4-7H2,3H3/t10-,11-,12+,13-,14-,15-,18-,19+/m0/s1. The van der Waals surface area contributed by atoms with E-state index in [9.17, 15) is 19.8 Å². The molecular formula is C19H23ClO7. The van der Waals surface area contributed by atoms with Crippen molar-refractivity contribution in [2.75, 3.05) is 12.5 Å². The highest BCUT2D eigenvalue weighted by Gasteiger charge is 2.70. The summed E-state index contributed by atoms with van der Waals surface area (Å²) in [5.41, 5.74) is -1.64. The van der Waals surface area contributed by atoms with Crippen LogP contribution in [0.25, 0.3) is 0 Å². The Hall–Kier alpha value is -1.41. The largest absolute Gasteiger partial charge is 0.458 e. The van der Waals surface area contributed by atoms with Gasteiger partial charge in [-0.25, -0.2) is 9.59 Å². The minimum Gasteiger partial charge on any atom is -0.458 e. The first kappa shape index (κ1) is 18.9. The highest BCUT2D eigenvalue weighted by molar-refractivity contribution is 6.20. The monoisotopic (exact) mass is 398 g/mol. The maximum Gasteiger partial charge on any atom is 0.339 e. The Bertz CT molecular complexity index is 726. The lowest BCUT2D eigenvalue weighted by molar-refractivity contribution is -0.166. The molecule has 27 heavy (non-hydrogen) atoms. The van der Waals surface area contributed by atoms with Crippen molar-refractivity contribution >= 4 is 23.5 Å². The van der Waals surface area contributed by atoms with Crippen LogP contribution in [0.2, 0.25) is 0 Å². The minimum atomic E-state index is -1.83. The van der Waals surface area contributed by atoms with Crippen molar-refractivity contribution in [3.63, 3.8) is 0 Å². The summed E-state index contributed by atoms with van der Waals surface area (Å²) in [6, 6.07) is 0. The third kappa shape index (κ3) is 2.67. The van der Waals surface area contributed by atoms with E-state index in [4.69, 9.17) is 25.8 Å². The molecule has 0 aromatic carbocycles. The van der Waals surface area contributed by atoms with Crippen molar-refractivity contribution in [3.05, 3.63) is 24.3 Å². The molecule has 2 aliphatic heterocycles. The molecule has 2 heterocycles. The summed E-state index contributed by atoms with van der Waals surface area (Å²) in [6.45, 7) is 9.65. The molecule has 2 aliphatic carbocycles. The van der Waals surface area contributed by atoms with Crippen molar-refractivity contribution in [2.45, 2.75) is 49.3 Å². The van der Waals surface area contributed by atoms with Crippen molar-refractivity contribution in [2.24, 2.45) is 17.8 Å². The van der Waals surface area contributed by atoms with Crippen molar-refractivity contribution in [1.82, 2.24) is 0 Å². The third-order valence-electron chi connectivity index (χ3n) is 6.53. The van der Waals surface area contributed by atoms with Crippen LogP contribution in [0, 0.1) is 17.8 Å². The van der Waals surface area contributed by atoms with E-state index in [1.807, 2.05) is 0 Å². The number of hydrogen-bond acceptors (Lipinski definition) is 7. The molecule has 0 unspecified atom stereocenters. The first-order chi connectivity index (χ1) is 12.6. The molecule has 4 aliphatic rings. The Balaban J connectivity index is 1.68. The van der Waals surface area contributed by atoms with Gasteiger partial charge < -0.3 is 24.4 Å². The number of halogens is 1. The number of carbonyl (C=O) groups is 2. The van der Waals surface area contributed by atoms with Gasteiger partial charge in [-0.1, -0.05) is 13.2 Å². The maximum absolute atomic E-state index is 12.4. The Morgan fingerprint density at radius 3 is 2.67 bits per heavy atom. The first-order valence-corrected chi connectivity index (χ1v) is 9.55. The molecule has 4 rings (SSSR count). The fourth-order valence-electron chi connectivity index (χ4n) is 4.79. The van der Waals surface area contributed by atoms with Gasteiger partial charge in [0.2, 0.25) is 0 Å². The van der Waals surface area contributed by atoms with Gasteiger partial charge in [0, 0.05) is 17.4 Å². The number of esters is 2. The number of aliphatic hydroxyl groups excluding tert-OH is 1. The van der Waals surface area contributed by atoms with Crippen molar-refractivity contribution in [3.8, 4) is 0 Å². The van der Waals surface area contributed by atoms with Gasteiger partial charge in [-0.15, -0.1) is 11.6 Å². The van der Waals surface area contributed by atoms with Crippen molar-refractivity contribution < 1.29 is 34.0 Å². The molecular weight excluding hydrogens is 376 g/mol. The molecule has 0 bridgehead atoms. The second-order valence-corrected chi connectivity index (χ2v) is 8.51. The zero-order valence-corrected chi connectivity index (χ0v) is 15.8. The molecule has 7 nitrogen and oxygen atoms in total. The van der Waals surface area contributed by atoms with Crippen LogP contribution in [-0.4, -0.2) is 64.2 Å². The second kappa shape index (κ2) is 6.04. The minimum absolute atomic E-state index is 0.241. The van der Waals surface area contributed by atoms with E-state index in [1.165, 1.54) is 6.92 Å². The summed E-state index contributed by atoms with van der Waals surface area (Å²) in [5, 5.41) is 20.6. The van der Waals surface area contributed by atoms with Crippen LogP contribution < -0.4 is 0 Å². The Labute approximate surface area is 161 Å². The average Bonchev–Trinajstić information content (AvgIpc) is 3.32. The predicted molar refractivity (Wildman–Crippen MR) is 93.8 cm³/mol. The molecule has 4 fully saturated rings. The molecule has 148 valence electrons. The fraction of sp³-hybridized carbons (Fsp3) is 0.684. The average molecular weight is 399 g/mol. The SMILES string of the molecule is C=C1C(=O)O[C@@H]2[C@@H]3[C@@H](C[C@H](O)[C@]34CO4)C(=C)[C@H](OC(=O)[C@@](C)(O)CCl)C[C@@H]12. The normalized spacial score (nSPS) is 45.0. The molecule has 8 atom stereocenters. The number of aliphatic hydroxyl groups is 2. The van der Waals surface area contributed by atoms with E-state index in [1.54, 1.807) is 0 Å². The van der Waals surface area contributed by atoms with Crippen LogP contribution >= 0.6 is 11.6 Å². The number of alkyl halides is 1. The molecule has 2 N–H and O–H groups in total. The molecule has 2 saturated carbocycles. The van der Waals surface area contributed by atoms with Gasteiger partial charge in [-0.2, -0.15) is 0 Å². The van der Waals surface area contributed by atoms with Crippen LogP contribution in [-0.2, 0) is 23.8 Å². The molecule has 0 amide bonds. The van der Waals surface area contributed by atoms with E-state index in [-0.39, 0.29) is 30.1 Å². The lowest BCUT2D eigenvalue weighted by Crippen LogP contribution is -2.41. The van der Waals surface area contributed by atoms with E-state index >= 15 is 0 Å². The van der Waals surface area contributed by atoms with Gasteiger partial charge in [-0.05, 0) is 31.3 Å². The molecule has 1 spiro atoms. The van der Waals surface area contributed by atoms with Crippen LogP contribution in [0.3, 0.4) is 0 Å². The highest BCUT2D eigenvalue weighted by atomic mass is 35.5. The Kier molecular flexibility index (Phi) is 4.24. The quantitative estimate of drug-likeness (QED) is 0.237. The number of carbonyl (C=O) groups excluding carboxylic acids is 2.